The predicted octanol–water partition coefficient (Wildman–Crippen LogP) is 2.35. The molecule has 3 rings (SSSR count). The highest BCUT2D eigenvalue weighted by Crippen LogP contribution is 2.33. The van der Waals surface area contributed by atoms with E-state index in [-0.39, 0.29) is 48.8 Å². The molecule has 2 saturated heterocycles. The molecular weight excluding hydrogens is 349 g/mol. The molecule has 1 aromatic rings. The average Bonchev–Trinajstić information content (AvgIpc) is 2.94. The quantitative estimate of drug-likeness (QED) is 0.885. The van der Waals surface area contributed by atoms with Crippen LogP contribution in [0.4, 0.5) is 13.2 Å². The van der Waals surface area contributed by atoms with Gasteiger partial charge in [-0.3, -0.25) is 9.59 Å². The summed E-state index contributed by atoms with van der Waals surface area (Å²) in [5.41, 5.74) is -0.674. The zero-order valence-electron chi connectivity index (χ0n) is 14.2. The highest BCUT2D eigenvalue weighted by molar-refractivity contribution is 5.83. The van der Waals surface area contributed by atoms with Gasteiger partial charge in [0.2, 0.25) is 11.8 Å². The molecule has 2 heterocycles. The van der Waals surface area contributed by atoms with Gasteiger partial charge in [-0.05, 0) is 24.5 Å². The lowest BCUT2D eigenvalue weighted by Gasteiger charge is -2.23. The molecule has 2 amide bonds. The number of rotatable bonds is 4. The maximum atomic E-state index is 13.1. The number of alkyl halides is 3. The molecule has 0 saturated carbocycles. The molecule has 26 heavy (non-hydrogen) atoms. The predicted molar refractivity (Wildman–Crippen MR) is 87.0 cm³/mol. The third kappa shape index (κ3) is 4.35. The van der Waals surface area contributed by atoms with Crippen molar-refractivity contribution in [3.63, 3.8) is 0 Å². The zero-order valence-corrected chi connectivity index (χ0v) is 14.2. The third-order valence-electron chi connectivity index (χ3n) is 4.84. The van der Waals surface area contributed by atoms with Crippen LogP contribution in [0.2, 0.25) is 0 Å². The van der Waals surface area contributed by atoms with Gasteiger partial charge in [-0.2, -0.15) is 13.2 Å². The summed E-state index contributed by atoms with van der Waals surface area (Å²) in [7, 11) is 0. The van der Waals surface area contributed by atoms with Crippen molar-refractivity contribution in [2.75, 3.05) is 19.8 Å². The Hall–Kier alpha value is -2.09. The summed E-state index contributed by atoms with van der Waals surface area (Å²) in [6, 6.07) is 4.88. The van der Waals surface area contributed by atoms with Gasteiger partial charge in [0.25, 0.3) is 0 Å². The Bertz CT molecular complexity index is 672. The fourth-order valence-corrected chi connectivity index (χ4v) is 3.44. The van der Waals surface area contributed by atoms with Crippen molar-refractivity contribution < 1.29 is 27.5 Å². The van der Waals surface area contributed by atoms with Crippen LogP contribution < -0.4 is 5.32 Å². The molecule has 0 unspecified atom stereocenters. The summed E-state index contributed by atoms with van der Waals surface area (Å²) < 4.78 is 44.5. The van der Waals surface area contributed by atoms with Crippen LogP contribution in [0.5, 0.6) is 0 Å². The van der Waals surface area contributed by atoms with Crippen LogP contribution in [0.15, 0.2) is 24.3 Å². The van der Waals surface area contributed by atoms with Crippen LogP contribution in [0.1, 0.15) is 30.4 Å². The maximum Gasteiger partial charge on any atom is 0.416 e. The summed E-state index contributed by atoms with van der Waals surface area (Å²) >= 11 is 0. The Labute approximate surface area is 149 Å². The minimum Gasteiger partial charge on any atom is -0.381 e. The van der Waals surface area contributed by atoms with Crippen molar-refractivity contribution in [2.24, 2.45) is 5.92 Å². The van der Waals surface area contributed by atoms with E-state index in [0.717, 1.165) is 6.07 Å². The van der Waals surface area contributed by atoms with Gasteiger partial charge in [0.15, 0.2) is 0 Å². The van der Waals surface area contributed by atoms with E-state index < -0.39 is 11.7 Å². The van der Waals surface area contributed by atoms with Gasteiger partial charge in [-0.1, -0.05) is 18.2 Å². The van der Waals surface area contributed by atoms with E-state index in [4.69, 9.17) is 4.74 Å². The fourth-order valence-electron chi connectivity index (χ4n) is 3.44. The molecule has 142 valence electrons. The standard InChI is InChI=1S/C18H21F3N2O3/c19-18(20,21)15-4-2-1-3-13(15)10-23-11-14(9-16(23)24)22-17(25)12-5-7-26-8-6-12/h1-4,12,14H,5-11H2,(H,22,25)/t14-/m1/s1. The molecule has 2 fully saturated rings. The molecule has 0 aromatic heterocycles. The first-order valence-electron chi connectivity index (χ1n) is 8.65. The van der Waals surface area contributed by atoms with Crippen molar-refractivity contribution in [3.05, 3.63) is 35.4 Å². The monoisotopic (exact) mass is 370 g/mol. The first-order chi connectivity index (χ1) is 12.3. The van der Waals surface area contributed by atoms with Crippen LogP contribution in [-0.2, 0) is 27.0 Å². The number of likely N-dealkylation sites (tertiary alicyclic amines) is 1. The largest absolute Gasteiger partial charge is 0.416 e. The summed E-state index contributed by atoms with van der Waals surface area (Å²) in [6.07, 6.45) is -3.05. The molecule has 0 spiro atoms. The molecule has 8 heteroatoms. The number of benzene rings is 1. The smallest absolute Gasteiger partial charge is 0.381 e. The number of nitrogens with one attached hydrogen (secondary N) is 1. The highest BCUT2D eigenvalue weighted by atomic mass is 19.4. The molecule has 1 atom stereocenters. The van der Waals surface area contributed by atoms with Gasteiger partial charge < -0.3 is 15.0 Å². The minimum atomic E-state index is -4.46. The fraction of sp³-hybridized carbons (Fsp3) is 0.556. The number of ether oxygens (including phenoxy) is 1. The van der Waals surface area contributed by atoms with Gasteiger partial charge in [0.1, 0.15) is 0 Å². The second kappa shape index (κ2) is 7.65. The minimum absolute atomic E-state index is 0.0600. The average molecular weight is 370 g/mol. The molecule has 1 N–H and O–H groups in total. The summed E-state index contributed by atoms with van der Waals surface area (Å²) in [6.45, 7) is 1.20. The Morgan fingerprint density at radius 3 is 2.62 bits per heavy atom. The first kappa shape index (κ1) is 18.7. The van der Waals surface area contributed by atoms with Crippen molar-refractivity contribution in [2.45, 2.75) is 38.0 Å². The van der Waals surface area contributed by atoms with Crippen LogP contribution in [0, 0.1) is 5.92 Å². The summed E-state index contributed by atoms with van der Waals surface area (Å²) in [4.78, 5) is 25.8. The lowest BCUT2D eigenvalue weighted by atomic mass is 9.99. The second-order valence-corrected chi connectivity index (χ2v) is 6.73. The first-order valence-corrected chi connectivity index (χ1v) is 8.65. The highest BCUT2D eigenvalue weighted by Gasteiger charge is 2.36. The summed E-state index contributed by atoms with van der Waals surface area (Å²) in [5.74, 6) is -0.484. The van der Waals surface area contributed by atoms with Crippen LogP contribution in [0.25, 0.3) is 0 Å². The Morgan fingerprint density at radius 1 is 1.23 bits per heavy atom. The van der Waals surface area contributed by atoms with E-state index >= 15 is 0 Å². The van der Waals surface area contributed by atoms with Crippen molar-refractivity contribution in [3.8, 4) is 0 Å². The lowest BCUT2D eigenvalue weighted by Crippen LogP contribution is -2.42. The number of carbonyl (C=O) groups excluding carboxylic acids is 2. The van der Waals surface area contributed by atoms with Crippen molar-refractivity contribution in [1.29, 1.82) is 0 Å². The van der Waals surface area contributed by atoms with Gasteiger partial charge in [0.05, 0.1) is 11.6 Å². The number of hydrogen-bond donors (Lipinski definition) is 1. The van der Waals surface area contributed by atoms with E-state index in [1.807, 2.05) is 0 Å². The Kier molecular flexibility index (Phi) is 5.50. The van der Waals surface area contributed by atoms with Crippen molar-refractivity contribution in [1.82, 2.24) is 10.2 Å². The van der Waals surface area contributed by atoms with E-state index in [1.165, 1.54) is 23.1 Å². The normalized spacial score (nSPS) is 21.9. The van der Waals surface area contributed by atoms with Gasteiger partial charge in [0, 0.05) is 38.6 Å². The number of nitrogens with zero attached hydrogens (tertiary/aromatic N) is 1. The molecule has 5 nitrogen and oxygen atoms in total. The van der Waals surface area contributed by atoms with Crippen LogP contribution in [0.3, 0.4) is 0 Å². The molecule has 2 aliphatic heterocycles. The summed E-state index contributed by atoms with van der Waals surface area (Å²) in [5, 5.41) is 2.86. The van der Waals surface area contributed by atoms with Gasteiger partial charge in [-0.15, -0.1) is 0 Å². The number of hydrogen-bond acceptors (Lipinski definition) is 3. The maximum absolute atomic E-state index is 13.1. The number of halogens is 3. The molecule has 0 aliphatic carbocycles. The van der Waals surface area contributed by atoms with E-state index in [1.54, 1.807) is 0 Å². The number of amides is 2. The molecule has 2 aliphatic rings. The van der Waals surface area contributed by atoms with E-state index in [0.29, 0.717) is 26.1 Å². The SMILES string of the molecule is O=C(N[C@@H]1CC(=O)N(Cc2ccccc2C(F)(F)F)C1)C1CCOCC1. The topological polar surface area (TPSA) is 58.6 Å². The molecule has 0 radical (unpaired) electrons. The molecule has 1 aromatic carbocycles. The zero-order chi connectivity index (χ0) is 18.7. The van der Waals surface area contributed by atoms with Crippen LogP contribution >= 0.6 is 0 Å². The number of carbonyl (C=O) groups is 2. The Morgan fingerprint density at radius 2 is 1.92 bits per heavy atom. The van der Waals surface area contributed by atoms with E-state index in [2.05, 4.69) is 5.32 Å². The second-order valence-electron chi connectivity index (χ2n) is 6.73. The third-order valence-corrected chi connectivity index (χ3v) is 4.84. The van der Waals surface area contributed by atoms with Crippen LogP contribution in [-0.4, -0.2) is 42.5 Å². The molecule has 0 bridgehead atoms. The van der Waals surface area contributed by atoms with Crippen molar-refractivity contribution >= 4 is 11.8 Å². The Balaban J connectivity index is 1.61. The lowest BCUT2D eigenvalue weighted by molar-refractivity contribution is -0.139. The van der Waals surface area contributed by atoms with Gasteiger partial charge >= 0.3 is 6.18 Å². The van der Waals surface area contributed by atoms with E-state index in [9.17, 15) is 22.8 Å². The van der Waals surface area contributed by atoms with Gasteiger partial charge in [-0.25, -0.2) is 0 Å². The molecular formula is C18H21F3N2O3.